The largest absolute Gasteiger partial charge is 0.360 e. The molecule has 1 aromatic heterocycles. The van der Waals surface area contributed by atoms with Gasteiger partial charge >= 0.3 is 0 Å². The van der Waals surface area contributed by atoms with Gasteiger partial charge in [-0.3, -0.25) is 4.79 Å². The molecule has 0 spiro atoms. The van der Waals surface area contributed by atoms with Crippen molar-refractivity contribution in [3.05, 3.63) is 82.5 Å². The van der Waals surface area contributed by atoms with E-state index in [0.29, 0.717) is 11.6 Å². The number of carbonyl (C=O) groups excluding carboxylic acids is 1. The maximum atomic E-state index is 12.5. The quantitative estimate of drug-likeness (QED) is 0.605. The minimum atomic E-state index is 0.0371. The minimum absolute atomic E-state index is 0.0371. The van der Waals surface area contributed by atoms with Gasteiger partial charge in [0.15, 0.2) is 0 Å². The number of carbonyl (C=O) groups is 1. The minimum Gasteiger partial charge on any atom is -0.360 e. The first-order valence-corrected chi connectivity index (χ1v) is 9.48. The highest BCUT2D eigenvalue weighted by Crippen LogP contribution is 2.30. The lowest BCUT2D eigenvalue weighted by Gasteiger charge is -2.25. The molecule has 136 valence electrons. The molecule has 4 heteroatoms. The fourth-order valence-corrected chi connectivity index (χ4v) is 3.66. The summed E-state index contributed by atoms with van der Waals surface area (Å²) in [4.78, 5) is 17.7. The number of halogens is 1. The number of nitrogens with one attached hydrogen (secondary N) is 1. The average molecular weight is 377 g/mol. The maximum absolute atomic E-state index is 12.5. The molecule has 3 nitrogen and oxygen atoms in total. The van der Waals surface area contributed by atoms with Crippen LogP contribution in [0, 0.1) is 6.92 Å². The summed E-state index contributed by atoms with van der Waals surface area (Å²) in [6, 6.07) is 13.8. The second-order valence-corrected chi connectivity index (χ2v) is 7.28. The summed E-state index contributed by atoms with van der Waals surface area (Å²) >= 11 is 5.89. The molecular formula is C23H21ClN2O. The van der Waals surface area contributed by atoms with E-state index < -0.39 is 0 Å². The Morgan fingerprint density at radius 1 is 1.19 bits per heavy atom. The molecule has 3 aromatic rings. The lowest BCUT2D eigenvalue weighted by molar-refractivity contribution is -0.125. The van der Waals surface area contributed by atoms with Crippen molar-refractivity contribution >= 4 is 40.1 Å². The topological polar surface area (TPSA) is 36.1 Å². The predicted octanol–water partition coefficient (Wildman–Crippen LogP) is 5.46. The molecule has 0 unspecified atom stereocenters. The van der Waals surface area contributed by atoms with Crippen LogP contribution in [-0.4, -0.2) is 28.9 Å². The van der Waals surface area contributed by atoms with E-state index in [2.05, 4.69) is 42.4 Å². The lowest BCUT2D eigenvalue weighted by atomic mass is 9.98. The number of para-hydroxylation sites is 1. The number of benzene rings is 2. The molecule has 0 saturated heterocycles. The first kappa shape index (κ1) is 17.6. The normalized spacial score (nSPS) is 14.7. The Balaban J connectivity index is 1.47. The predicted molar refractivity (Wildman–Crippen MR) is 113 cm³/mol. The van der Waals surface area contributed by atoms with E-state index in [1.807, 2.05) is 35.2 Å². The van der Waals surface area contributed by atoms with Crippen molar-refractivity contribution in [2.45, 2.75) is 13.3 Å². The standard InChI is InChI=1S/C23H21ClN2O/c1-16-3-2-4-20-21(15-25-23(16)20)18-11-13-26(14-12-18)22(27)10-7-17-5-8-19(24)9-6-17/h2-11,15,25H,12-14H2,1H3/b10-7+. The van der Waals surface area contributed by atoms with E-state index in [1.165, 1.54) is 27.6 Å². The summed E-state index contributed by atoms with van der Waals surface area (Å²) < 4.78 is 0. The number of aromatic nitrogens is 1. The van der Waals surface area contributed by atoms with Gasteiger partial charge in [-0.15, -0.1) is 0 Å². The van der Waals surface area contributed by atoms with Crippen molar-refractivity contribution < 1.29 is 4.79 Å². The molecule has 0 aliphatic carbocycles. The first-order valence-electron chi connectivity index (χ1n) is 9.10. The molecule has 2 aromatic carbocycles. The number of hydrogen-bond donors (Lipinski definition) is 1. The molecule has 4 rings (SSSR count). The number of aromatic amines is 1. The average Bonchev–Trinajstić information content (AvgIpc) is 3.13. The molecule has 0 atom stereocenters. The Morgan fingerprint density at radius 3 is 2.74 bits per heavy atom. The fourth-order valence-electron chi connectivity index (χ4n) is 3.53. The first-order chi connectivity index (χ1) is 13.1. The molecule has 27 heavy (non-hydrogen) atoms. The van der Waals surface area contributed by atoms with E-state index in [1.54, 1.807) is 6.08 Å². The van der Waals surface area contributed by atoms with E-state index >= 15 is 0 Å². The lowest BCUT2D eigenvalue weighted by Crippen LogP contribution is -2.33. The molecule has 1 amide bonds. The third kappa shape index (κ3) is 3.69. The Kier molecular flexibility index (Phi) is 4.87. The van der Waals surface area contributed by atoms with Crippen LogP contribution in [0.25, 0.3) is 22.6 Å². The van der Waals surface area contributed by atoms with Crippen LogP contribution in [0.1, 0.15) is 23.1 Å². The third-order valence-electron chi connectivity index (χ3n) is 5.08. The van der Waals surface area contributed by atoms with Crippen molar-refractivity contribution in [3.63, 3.8) is 0 Å². The van der Waals surface area contributed by atoms with Gasteiger partial charge in [-0.1, -0.05) is 48.0 Å². The number of fused-ring (bicyclic) bond motifs is 1. The van der Waals surface area contributed by atoms with Crippen LogP contribution in [0.5, 0.6) is 0 Å². The van der Waals surface area contributed by atoms with Crippen LogP contribution in [0.4, 0.5) is 0 Å². The molecule has 0 radical (unpaired) electrons. The van der Waals surface area contributed by atoms with E-state index in [-0.39, 0.29) is 5.91 Å². The fraction of sp³-hybridized carbons (Fsp3) is 0.174. The summed E-state index contributed by atoms with van der Waals surface area (Å²) in [7, 11) is 0. The third-order valence-corrected chi connectivity index (χ3v) is 5.33. The van der Waals surface area contributed by atoms with Gasteiger partial charge in [0.05, 0.1) is 0 Å². The highest BCUT2D eigenvalue weighted by molar-refractivity contribution is 6.30. The van der Waals surface area contributed by atoms with Crippen molar-refractivity contribution in [1.29, 1.82) is 0 Å². The van der Waals surface area contributed by atoms with Gasteiger partial charge in [0.2, 0.25) is 5.91 Å². The number of hydrogen-bond acceptors (Lipinski definition) is 1. The second kappa shape index (κ2) is 7.45. The van der Waals surface area contributed by atoms with Gasteiger partial charge in [-0.2, -0.15) is 0 Å². The zero-order valence-corrected chi connectivity index (χ0v) is 16.0. The van der Waals surface area contributed by atoms with Crippen LogP contribution >= 0.6 is 11.6 Å². The van der Waals surface area contributed by atoms with Gasteiger partial charge in [0, 0.05) is 46.9 Å². The van der Waals surface area contributed by atoms with E-state index in [4.69, 9.17) is 11.6 Å². The smallest absolute Gasteiger partial charge is 0.246 e. The van der Waals surface area contributed by atoms with Crippen LogP contribution in [0.2, 0.25) is 5.02 Å². The molecule has 0 saturated carbocycles. The van der Waals surface area contributed by atoms with E-state index in [0.717, 1.165) is 18.5 Å². The van der Waals surface area contributed by atoms with Crippen LogP contribution < -0.4 is 0 Å². The van der Waals surface area contributed by atoms with Crippen molar-refractivity contribution in [1.82, 2.24) is 9.88 Å². The number of rotatable bonds is 3. The SMILES string of the molecule is Cc1cccc2c(C3=CCN(C(=O)/C=C/c4ccc(Cl)cc4)CC3)c[nH]c12. The van der Waals surface area contributed by atoms with Gasteiger partial charge in [-0.25, -0.2) is 0 Å². The summed E-state index contributed by atoms with van der Waals surface area (Å²) in [5.41, 5.74) is 5.96. The van der Waals surface area contributed by atoms with Gasteiger partial charge in [0.25, 0.3) is 0 Å². The summed E-state index contributed by atoms with van der Waals surface area (Å²) in [6.07, 6.45) is 8.59. The molecule has 0 bridgehead atoms. The van der Waals surface area contributed by atoms with Crippen LogP contribution in [-0.2, 0) is 4.79 Å². The Labute approximate surface area is 164 Å². The van der Waals surface area contributed by atoms with E-state index in [9.17, 15) is 4.79 Å². The Hall–Kier alpha value is -2.78. The van der Waals surface area contributed by atoms with Crippen molar-refractivity contribution in [3.8, 4) is 0 Å². The molecule has 1 aliphatic rings. The number of amides is 1. The molecule has 1 aliphatic heterocycles. The summed E-state index contributed by atoms with van der Waals surface area (Å²) in [6.45, 7) is 3.48. The molecule has 1 N–H and O–H groups in total. The molecule has 2 heterocycles. The highest BCUT2D eigenvalue weighted by atomic mass is 35.5. The Morgan fingerprint density at radius 2 is 2.00 bits per heavy atom. The maximum Gasteiger partial charge on any atom is 0.246 e. The monoisotopic (exact) mass is 376 g/mol. The zero-order chi connectivity index (χ0) is 18.8. The zero-order valence-electron chi connectivity index (χ0n) is 15.2. The second-order valence-electron chi connectivity index (χ2n) is 6.85. The van der Waals surface area contributed by atoms with Crippen LogP contribution in [0.3, 0.4) is 0 Å². The number of nitrogens with zero attached hydrogens (tertiary/aromatic N) is 1. The van der Waals surface area contributed by atoms with Gasteiger partial charge in [0.1, 0.15) is 0 Å². The summed E-state index contributed by atoms with van der Waals surface area (Å²) in [5.74, 6) is 0.0371. The van der Waals surface area contributed by atoms with Gasteiger partial charge in [-0.05, 0) is 48.3 Å². The Bertz CT molecular complexity index is 1040. The number of aryl methyl sites for hydroxylation is 1. The van der Waals surface area contributed by atoms with Crippen LogP contribution in [0.15, 0.2) is 60.8 Å². The highest BCUT2D eigenvalue weighted by Gasteiger charge is 2.18. The van der Waals surface area contributed by atoms with Crippen molar-refractivity contribution in [2.75, 3.05) is 13.1 Å². The molecule has 0 fully saturated rings. The number of H-pyrrole nitrogens is 1. The summed E-state index contributed by atoms with van der Waals surface area (Å²) in [5, 5.41) is 1.95. The van der Waals surface area contributed by atoms with Crippen molar-refractivity contribution in [2.24, 2.45) is 0 Å². The van der Waals surface area contributed by atoms with Gasteiger partial charge < -0.3 is 9.88 Å². The molecular weight excluding hydrogens is 356 g/mol.